The minimum Gasteiger partial charge on any atom is -0.863 e. The number of benzene rings is 4. The van der Waals surface area contributed by atoms with E-state index in [0.717, 1.165) is 0 Å². The maximum Gasteiger partial charge on any atom is 4.00 e. The summed E-state index contributed by atoms with van der Waals surface area (Å²) in [6.07, 6.45) is 0. The molecule has 0 saturated heterocycles. The zero-order valence-corrected chi connectivity index (χ0v) is 34.0. The van der Waals surface area contributed by atoms with Crippen molar-refractivity contribution in [3.63, 3.8) is 0 Å². The van der Waals surface area contributed by atoms with E-state index in [1.54, 1.807) is 0 Å². The smallest absolute Gasteiger partial charge is 0.863 e. The Bertz CT molecular complexity index is 2220. The molecule has 0 aliphatic heterocycles. The second-order valence-electron chi connectivity index (χ2n) is 10.3. The van der Waals surface area contributed by atoms with Crippen molar-refractivity contribution >= 4 is 68.2 Å². The Labute approximate surface area is 379 Å². The number of rotatable bonds is 12. The third-order valence-corrected chi connectivity index (χ3v) is 6.55. The van der Waals surface area contributed by atoms with Crippen LogP contribution in [0.15, 0.2) is 48.5 Å². The van der Waals surface area contributed by atoms with Crippen LogP contribution in [0.4, 0.5) is 68.2 Å². The van der Waals surface area contributed by atoms with Crippen molar-refractivity contribution in [2.45, 2.75) is 0 Å². The molecule has 41 heteroatoms. The van der Waals surface area contributed by atoms with Crippen LogP contribution in [0.25, 0.3) is 0 Å². The number of hydrogen-bond acceptors (Lipinski definition) is 28. The van der Waals surface area contributed by atoms with E-state index in [1.165, 1.54) is 0 Å². The van der Waals surface area contributed by atoms with Gasteiger partial charge < -0.3 is 20.4 Å². The standard InChI is InChI=1S/4C6H3N3O7.Th/c4*10-6-4(8(13)14)1-3(7(11)12)2-5(6)9(15)16;/h4*1-2,10H;/q;;;;+4/p-4. The molecule has 4 aromatic rings. The number of non-ortho nitro benzene ring substituents is 4. The fourth-order valence-corrected chi connectivity index (χ4v) is 3.84. The van der Waals surface area contributed by atoms with Gasteiger partial charge in [-0.25, -0.2) is 0 Å². The van der Waals surface area contributed by atoms with Gasteiger partial charge in [0, 0.05) is 0 Å². The van der Waals surface area contributed by atoms with Crippen molar-refractivity contribution < 1.29 is 119 Å². The molecule has 0 unspecified atom stereocenters. The average molecular weight is 1140 g/mol. The van der Waals surface area contributed by atoms with Crippen molar-refractivity contribution in [1.82, 2.24) is 0 Å². The average Bonchev–Trinajstić information content (AvgIpc) is 3.17. The molecule has 65 heavy (non-hydrogen) atoms. The Morgan fingerprint density at radius 2 is 0.308 bits per heavy atom. The Morgan fingerprint density at radius 1 is 0.215 bits per heavy atom. The third kappa shape index (κ3) is 14.1. The van der Waals surface area contributed by atoms with Crippen molar-refractivity contribution in [3.8, 4) is 23.0 Å². The summed E-state index contributed by atoms with van der Waals surface area (Å²) >= 11 is 0. The van der Waals surface area contributed by atoms with E-state index in [1.807, 2.05) is 0 Å². The summed E-state index contributed by atoms with van der Waals surface area (Å²) in [5, 5.41) is 168. The fourth-order valence-electron chi connectivity index (χ4n) is 3.84. The largest absolute Gasteiger partial charge is 4.00 e. The molecule has 0 spiro atoms. The third-order valence-electron chi connectivity index (χ3n) is 6.55. The Morgan fingerprint density at radius 3 is 0.369 bits per heavy atom. The molecule has 0 radical (unpaired) electrons. The quantitative estimate of drug-likeness (QED) is 0.144. The van der Waals surface area contributed by atoms with Crippen LogP contribution in [0.1, 0.15) is 0 Å². The van der Waals surface area contributed by atoms with Crippen molar-refractivity contribution in [2.75, 3.05) is 0 Å². The van der Waals surface area contributed by atoms with Crippen LogP contribution < -0.4 is 20.4 Å². The van der Waals surface area contributed by atoms with E-state index < -0.39 is 150 Å². The van der Waals surface area contributed by atoms with Crippen LogP contribution in [0.5, 0.6) is 23.0 Å². The molecule has 0 saturated carbocycles. The molecule has 0 amide bonds. The van der Waals surface area contributed by atoms with Gasteiger partial charge in [0.25, 0.3) is 68.2 Å². The van der Waals surface area contributed by atoms with Gasteiger partial charge in [0.15, 0.2) is 0 Å². The van der Waals surface area contributed by atoms with Crippen molar-refractivity contribution in [1.29, 1.82) is 0 Å². The van der Waals surface area contributed by atoms with Crippen LogP contribution in [0, 0.1) is 161 Å². The summed E-state index contributed by atoms with van der Waals surface area (Å²) in [7, 11) is 0. The van der Waals surface area contributed by atoms with Gasteiger partial charge in [-0.3, -0.25) is 121 Å². The first kappa shape index (κ1) is 55.2. The molecule has 4 aromatic carbocycles. The molecule has 336 valence electrons. The summed E-state index contributed by atoms with van der Waals surface area (Å²) in [5.74, 6) is -5.83. The topological polar surface area (TPSA) is 610 Å². The summed E-state index contributed by atoms with van der Waals surface area (Å²) in [4.78, 5) is 110. The summed E-state index contributed by atoms with van der Waals surface area (Å²) in [6.45, 7) is 0. The van der Waals surface area contributed by atoms with Crippen LogP contribution in [0.2, 0.25) is 0 Å². The van der Waals surface area contributed by atoms with E-state index >= 15 is 0 Å². The molecule has 0 heterocycles. The normalized spacial score (nSPS) is 9.60. The summed E-state index contributed by atoms with van der Waals surface area (Å²) in [6, 6.07) is 3.07. The summed E-state index contributed by atoms with van der Waals surface area (Å²) < 4.78 is 0. The SMILES string of the molecule is O=[N+]([O-])c1cc([N+](=O)[O-])c([O-])c([N+](=O)[O-])c1.O=[N+]([O-])c1cc([N+](=O)[O-])c([O-])c([N+](=O)[O-])c1.O=[N+]([O-])c1cc([N+](=O)[O-])c([O-])c([N+](=O)[O-])c1.O=[N+]([O-])c1cc([N+](=O)[O-])c([O-])c([N+](=O)[O-])c1.[Th+4]. The molecule has 0 bridgehead atoms. The first-order valence-electron chi connectivity index (χ1n) is 14.5. The molecule has 0 N–H and O–H groups in total. The Balaban J connectivity index is 0.000000836. The first-order chi connectivity index (χ1) is 29.4. The number of hydrogen-bond donors (Lipinski definition) is 0. The molecule has 4 rings (SSSR count). The monoisotopic (exact) mass is 1140 g/mol. The van der Waals surface area contributed by atoms with Gasteiger partial charge in [0.2, 0.25) is 0 Å². The molecule has 0 atom stereocenters. The van der Waals surface area contributed by atoms with Gasteiger partial charge in [0.05, 0.1) is 131 Å². The predicted octanol–water partition coefficient (Wildman–Crippen LogP) is 1.94. The zero-order valence-electron chi connectivity index (χ0n) is 29.9. The maximum atomic E-state index is 11.1. The second-order valence-corrected chi connectivity index (χ2v) is 10.3. The number of nitrogens with zero attached hydrogens (tertiary/aromatic N) is 12. The van der Waals surface area contributed by atoms with E-state index in [2.05, 4.69) is 0 Å². The van der Waals surface area contributed by atoms with Crippen molar-refractivity contribution in [2.24, 2.45) is 0 Å². The van der Waals surface area contributed by atoms with E-state index in [0.29, 0.717) is 48.5 Å². The number of nitro benzene ring substituents is 12. The maximum absolute atomic E-state index is 11.1. The van der Waals surface area contributed by atoms with Gasteiger partial charge in [-0.05, 0) is 0 Å². The van der Waals surface area contributed by atoms with E-state index in [-0.39, 0.29) is 39.9 Å². The van der Waals surface area contributed by atoms with Crippen molar-refractivity contribution in [3.05, 3.63) is 170 Å². The van der Waals surface area contributed by atoms with Gasteiger partial charge >= 0.3 is 39.9 Å². The van der Waals surface area contributed by atoms with Crippen LogP contribution in [-0.4, -0.2) is 59.1 Å². The summed E-state index contributed by atoms with van der Waals surface area (Å²) in [5.41, 5.74) is -13.1. The predicted molar refractivity (Wildman–Crippen MR) is 183 cm³/mol. The number of nitro groups is 12. The first-order valence-corrected chi connectivity index (χ1v) is 14.5. The molecule has 0 aliphatic rings. The van der Waals surface area contributed by atoms with Gasteiger partial charge in [-0.15, -0.1) is 0 Å². The fraction of sp³-hybridized carbons (Fsp3) is 0. The second kappa shape index (κ2) is 22.7. The molecule has 0 fully saturated rings. The van der Waals surface area contributed by atoms with Gasteiger partial charge in [-0.2, -0.15) is 0 Å². The molecule has 0 aromatic heterocycles. The van der Waals surface area contributed by atoms with Crippen LogP contribution >= 0.6 is 0 Å². The minimum atomic E-state index is -1.46. The molecular formula is C24H8N12O28Th. The van der Waals surface area contributed by atoms with E-state index in [9.17, 15) is 142 Å². The van der Waals surface area contributed by atoms with Gasteiger partial charge in [-0.1, -0.05) is 0 Å². The zero-order chi connectivity index (χ0) is 49.8. The molecule has 0 aliphatic carbocycles. The Kier molecular flexibility index (Phi) is 19.3. The van der Waals surface area contributed by atoms with Gasteiger partial charge in [0.1, 0.15) is 0 Å². The van der Waals surface area contributed by atoms with Crippen LogP contribution in [-0.2, 0) is 0 Å². The van der Waals surface area contributed by atoms with Crippen LogP contribution in [0.3, 0.4) is 0 Å². The Hall–Kier alpha value is -9.80. The minimum absolute atomic E-state index is 0. The molecule has 40 nitrogen and oxygen atoms in total. The van der Waals surface area contributed by atoms with E-state index in [4.69, 9.17) is 0 Å². The molecular weight excluding hydrogens is 1140 g/mol.